The van der Waals surface area contributed by atoms with Crippen LogP contribution in [0.1, 0.15) is 16.1 Å². The molecule has 1 rings (SSSR count). The molecule has 60 valence electrons. The summed E-state index contributed by atoms with van der Waals surface area (Å²) < 4.78 is 6.43. The molecule has 1 aromatic rings. The average Bonchev–Trinajstić information content (AvgIpc) is 2.31. The topological polar surface area (TPSA) is 31.2 Å². The van der Waals surface area contributed by atoms with Crippen LogP contribution in [0.2, 0.25) is 0 Å². The number of methoxy groups -OCH3 is 1. The van der Waals surface area contributed by atoms with Gasteiger partial charge in [0.2, 0.25) is 0 Å². The number of nitrogens with zero attached hydrogens (tertiary/aromatic N) is 1. The Morgan fingerprint density at radius 1 is 1.64 bits per heavy atom. The predicted octanol–water partition coefficient (Wildman–Crippen LogP) is 1.12. The molecule has 0 bridgehead atoms. The van der Waals surface area contributed by atoms with Gasteiger partial charge in [-0.25, -0.2) is 4.79 Å². The van der Waals surface area contributed by atoms with E-state index in [1.165, 1.54) is 7.11 Å². The normalized spacial score (nSPS) is 9.73. The van der Waals surface area contributed by atoms with E-state index in [0.29, 0.717) is 5.56 Å². The zero-order chi connectivity index (χ0) is 8.43. The molecular formula is C8H11NO2. The minimum Gasteiger partial charge on any atom is -0.465 e. The maximum absolute atomic E-state index is 10.9. The van der Waals surface area contributed by atoms with Crippen LogP contribution in [-0.4, -0.2) is 17.6 Å². The number of aromatic nitrogens is 1. The van der Waals surface area contributed by atoms with E-state index < -0.39 is 0 Å². The van der Waals surface area contributed by atoms with Crippen molar-refractivity contribution in [2.45, 2.75) is 6.92 Å². The highest BCUT2D eigenvalue weighted by Gasteiger charge is 2.07. The lowest BCUT2D eigenvalue weighted by Gasteiger charge is -1.92. The number of hydrogen-bond acceptors (Lipinski definition) is 2. The fraction of sp³-hybridized carbons (Fsp3) is 0.375. The highest BCUT2D eigenvalue weighted by Crippen LogP contribution is 2.06. The van der Waals surface area contributed by atoms with Crippen molar-refractivity contribution in [3.05, 3.63) is 23.5 Å². The van der Waals surface area contributed by atoms with Gasteiger partial charge in [0.15, 0.2) is 0 Å². The molecule has 0 radical (unpaired) electrons. The molecule has 0 N–H and O–H groups in total. The van der Waals surface area contributed by atoms with Gasteiger partial charge in [-0.05, 0) is 13.0 Å². The van der Waals surface area contributed by atoms with Crippen LogP contribution in [0.5, 0.6) is 0 Å². The van der Waals surface area contributed by atoms with E-state index in [9.17, 15) is 4.79 Å². The van der Waals surface area contributed by atoms with E-state index in [1.807, 2.05) is 18.5 Å². The van der Waals surface area contributed by atoms with Crippen LogP contribution in [0, 0.1) is 6.92 Å². The molecule has 1 aromatic heterocycles. The maximum Gasteiger partial charge on any atom is 0.339 e. The molecule has 0 fully saturated rings. The van der Waals surface area contributed by atoms with Gasteiger partial charge >= 0.3 is 5.97 Å². The number of hydrogen-bond donors (Lipinski definition) is 0. The number of carbonyl (C=O) groups excluding carboxylic acids is 1. The van der Waals surface area contributed by atoms with Crippen LogP contribution in [-0.2, 0) is 11.8 Å². The Hall–Kier alpha value is -1.25. The molecule has 0 saturated carbocycles. The summed E-state index contributed by atoms with van der Waals surface area (Å²) in [5.74, 6) is -0.284. The summed E-state index contributed by atoms with van der Waals surface area (Å²) in [6, 6.07) is 1.80. The first-order valence-corrected chi connectivity index (χ1v) is 3.36. The molecule has 0 aromatic carbocycles. The second kappa shape index (κ2) is 2.78. The quantitative estimate of drug-likeness (QED) is 0.566. The zero-order valence-electron chi connectivity index (χ0n) is 6.92. The fourth-order valence-electron chi connectivity index (χ4n) is 0.904. The lowest BCUT2D eigenvalue weighted by Crippen LogP contribution is -1.98. The first-order valence-electron chi connectivity index (χ1n) is 3.36. The summed E-state index contributed by atoms with van der Waals surface area (Å²) in [6.07, 6.45) is 1.75. The van der Waals surface area contributed by atoms with Crippen LogP contribution in [0.15, 0.2) is 12.3 Å². The number of esters is 1. The van der Waals surface area contributed by atoms with Crippen molar-refractivity contribution in [2.75, 3.05) is 7.11 Å². The molecule has 0 atom stereocenters. The lowest BCUT2D eigenvalue weighted by molar-refractivity contribution is 0.0600. The molecule has 0 spiro atoms. The lowest BCUT2D eigenvalue weighted by atomic mass is 10.3. The standard InChI is InChI=1S/C8H11NO2/c1-6-4-7(5-9(6)2)8(10)11-3/h4-5H,1-3H3. The van der Waals surface area contributed by atoms with Crippen molar-refractivity contribution in [1.29, 1.82) is 0 Å². The summed E-state index contributed by atoms with van der Waals surface area (Å²) in [4.78, 5) is 10.9. The van der Waals surface area contributed by atoms with Gasteiger partial charge in [0.25, 0.3) is 0 Å². The molecule has 0 aliphatic carbocycles. The molecule has 0 saturated heterocycles. The predicted molar refractivity (Wildman–Crippen MR) is 41.5 cm³/mol. The summed E-state index contributed by atoms with van der Waals surface area (Å²) >= 11 is 0. The van der Waals surface area contributed by atoms with E-state index >= 15 is 0 Å². The van der Waals surface area contributed by atoms with Gasteiger partial charge in [0.05, 0.1) is 12.7 Å². The molecule has 11 heavy (non-hydrogen) atoms. The maximum atomic E-state index is 10.9. The first-order chi connectivity index (χ1) is 5.15. The van der Waals surface area contributed by atoms with Crippen LogP contribution in [0.4, 0.5) is 0 Å². The highest BCUT2D eigenvalue weighted by molar-refractivity contribution is 5.89. The van der Waals surface area contributed by atoms with E-state index in [4.69, 9.17) is 0 Å². The van der Waals surface area contributed by atoms with E-state index in [2.05, 4.69) is 4.74 Å². The number of carbonyl (C=O) groups is 1. The third-order valence-corrected chi connectivity index (χ3v) is 1.67. The van der Waals surface area contributed by atoms with E-state index in [-0.39, 0.29) is 5.97 Å². The fourth-order valence-corrected chi connectivity index (χ4v) is 0.904. The molecule has 0 amide bonds. The van der Waals surface area contributed by atoms with Crippen LogP contribution in [0.25, 0.3) is 0 Å². The summed E-state index contributed by atoms with van der Waals surface area (Å²) in [6.45, 7) is 1.94. The van der Waals surface area contributed by atoms with Crippen molar-refractivity contribution < 1.29 is 9.53 Å². The third-order valence-electron chi connectivity index (χ3n) is 1.67. The number of ether oxygens (including phenoxy) is 1. The Bertz CT molecular complexity index is 256. The van der Waals surface area contributed by atoms with Crippen molar-refractivity contribution >= 4 is 5.97 Å². The van der Waals surface area contributed by atoms with Gasteiger partial charge in [-0.15, -0.1) is 0 Å². The minimum atomic E-state index is -0.284. The molecule has 0 aliphatic heterocycles. The van der Waals surface area contributed by atoms with Gasteiger partial charge in [-0.1, -0.05) is 0 Å². The second-order valence-corrected chi connectivity index (χ2v) is 2.47. The average molecular weight is 153 g/mol. The zero-order valence-corrected chi connectivity index (χ0v) is 6.92. The van der Waals surface area contributed by atoms with Crippen LogP contribution >= 0.6 is 0 Å². The smallest absolute Gasteiger partial charge is 0.339 e. The summed E-state index contributed by atoms with van der Waals surface area (Å²) in [5.41, 5.74) is 1.65. The molecular weight excluding hydrogens is 142 g/mol. The van der Waals surface area contributed by atoms with Crippen molar-refractivity contribution in [3.8, 4) is 0 Å². The van der Waals surface area contributed by atoms with Gasteiger partial charge in [-0.2, -0.15) is 0 Å². The first kappa shape index (κ1) is 7.85. The van der Waals surface area contributed by atoms with Gasteiger partial charge in [0, 0.05) is 18.9 Å². The van der Waals surface area contributed by atoms with E-state index in [0.717, 1.165) is 5.69 Å². The van der Waals surface area contributed by atoms with Gasteiger partial charge < -0.3 is 9.30 Å². The minimum absolute atomic E-state index is 0.284. The van der Waals surface area contributed by atoms with Crippen molar-refractivity contribution in [2.24, 2.45) is 7.05 Å². The Balaban J connectivity index is 2.97. The Morgan fingerprint density at radius 2 is 2.27 bits per heavy atom. The Morgan fingerprint density at radius 3 is 2.64 bits per heavy atom. The third kappa shape index (κ3) is 1.42. The second-order valence-electron chi connectivity index (χ2n) is 2.47. The van der Waals surface area contributed by atoms with Gasteiger partial charge in [0.1, 0.15) is 0 Å². The van der Waals surface area contributed by atoms with Crippen molar-refractivity contribution in [1.82, 2.24) is 4.57 Å². The van der Waals surface area contributed by atoms with Gasteiger partial charge in [-0.3, -0.25) is 0 Å². The Labute approximate surface area is 65.6 Å². The van der Waals surface area contributed by atoms with Crippen LogP contribution < -0.4 is 0 Å². The largest absolute Gasteiger partial charge is 0.465 e. The molecule has 1 heterocycles. The monoisotopic (exact) mass is 153 g/mol. The summed E-state index contributed by atoms with van der Waals surface area (Å²) in [5, 5.41) is 0. The number of rotatable bonds is 1. The summed E-state index contributed by atoms with van der Waals surface area (Å²) in [7, 11) is 3.27. The molecule has 0 aliphatic rings. The molecule has 3 heteroatoms. The highest BCUT2D eigenvalue weighted by atomic mass is 16.5. The SMILES string of the molecule is COC(=O)c1cc(C)n(C)c1. The van der Waals surface area contributed by atoms with E-state index in [1.54, 1.807) is 12.3 Å². The number of aryl methyl sites for hydroxylation is 2. The Kier molecular flexibility index (Phi) is 1.98. The van der Waals surface area contributed by atoms with Crippen molar-refractivity contribution in [3.63, 3.8) is 0 Å². The molecule has 3 nitrogen and oxygen atoms in total. The molecule has 0 unspecified atom stereocenters. The van der Waals surface area contributed by atoms with Crippen LogP contribution in [0.3, 0.4) is 0 Å².